The number of fused-ring (bicyclic) bond motifs is 1. The Labute approximate surface area is 122 Å². The summed E-state index contributed by atoms with van der Waals surface area (Å²) < 4.78 is 0. The lowest BCUT2D eigenvalue weighted by atomic mass is 10.1. The molecule has 2 aromatic rings. The third kappa shape index (κ3) is 2.72. The molecule has 1 aliphatic heterocycles. The van der Waals surface area contributed by atoms with E-state index < -0.39 is 6.03 Å². The molecule has 0 spiro atoms. The molecule has 0 unspecified atom stereocenters. The Kier molecular flexibility index (Phi) is 3.31. The molecule has 0 radical (unpaired) electrons. The number of hydrogen-bond acceptors (Lipinski definition) is 2. The van der Waals surface area contributed by atoms with Crippen molar-refractivity contribution in [2.45, 2.75) is 13.1 Å². The van der Waals surface area contributed by atoms with E-state index in [2.05, 4.69) is 5.32 Å². The molecule has 0 saturated heterocycles. The molecule has 3 rings (SSSR count). The minimum Gasteiger partial charge on any atom is -0.351 e. The number of hydrogen-bond donors (Lipinski definition) is 2. The van der Waals surface area contributed by atoms with Gasteiger partial charge in [0.15, 0.2) is 0 Å². The first-order valence-corrected chi connectivity index (χ1v) is 6.66. The number of primary amides is 1. The van der Waals surface area contributed by atoms with Crippen LogP contribution >= 0.6 is 0 Å². The highest BCUT2D eigenvalue weighted by Gasteiger charge is 2.26. The third-order valence-electron chi connectivity index (χ3n) is 3.49. The molecule has 2 aromatic carbocycles. The van der Waals surface area contributed by atoms with Gasteiger partial charge in [-0.1, -0.05) is 30.3 Å². The van der Waals surface area contributed by atoms with Crippen molar-refractivity contribution in [3.63, 3.8) is 0 Å². The molecule has 3 N–H and O–H groups in total. The van der Waals surface area contributed by atoms with Crippen molar-refractivity contribution >= 4 is 17.6 Å². The van der Waals surface area contributed by atoms with Crippen LogP contribution < -0.4 is 11.1 Å². The summed E-state index contributed by atoms with van der Waals surface area (Å²) in [6, 6.07) is 14.4. The summed E-state index contributed by atoms with van der Waals surface area (Å²) in [6.07, 6.45) is 0. The van der Waals surface area contributed by atoms with Crippen molar-refractivity contribution in [2.75, 3.05) is 5.32 Å². The molecule has 5 heteroatoms. The highest BCUT2D eigenvalue weighted by Crippen LogP contribution is 2.24. The maximum absolute atomic E-state index is 12.3. The second-order valence-corrected chi connectivity index (χ2v) is 5.00. The van der Waals surface area contributed by atoms with Gasteiger partial charge in [0.1, 0.15) is 0 Å². The summed E-state index contributed by atoms with van der Waals surface area (Å²) in [5.74, 6) is 0.0601. The summed E-state index contributed by atoms with van der Waals surface area (Å²) in [6.45, 7) is 1.18. The van der Waals surface area contributed by atoms with Gasteiger partial charge in [0.2, 0.25) is 0 Å². The molecule has 0 bridgehead atoms. The minimum atomic E-state index is -0.590. The van der Waals surface area contributed by atoms with Crippen molar-refractivity contribution in [3.05, 3.63) is 65.2 Å². The van der Waals surface area contributed by atoms with Crippen molar-refractivity contribution in [2.24, 2.45) is 5.73 Å². The lowest BCUT2D eigenvalue weighted by Gasteiger charge is -2.16. The second kappa shape index (κ2) is 5.28. The van der Waals surface area contributed by atoms with Crippen LogP contribution in [0.25, 0.3) is 0 Å². The fourth-order valence-corrected chi connectivity index (χ4v) is 2.50. The Morgan fingerprint density at radius 3 is 2.52 bits per heavy atom. The Morgan fingerprint density at radius 1 is 1.14 bits per heavy atom. The first-order chi connectivity index (χ1) is 10.1. The SMILES string of the molecule is NC(=O)Nc1ccc(CN2Cc3ccccc3C2=O)cc1. The van der Waals surface area contributed by atoms with Crippen LogP contribution in [0.1, 0.15) is 21.5 Å². The number of rotatable bonds is 3. The number of carbonyl (C=O) groups is 2. The first-order valence-electron chi connectivity index (χ1n) is 6.66. The first kappa shape index (κ1) is 13.2. The Balaban J connectivity index is 1.71. The molecular formula is C16H15N3O2. The van der Waals surface area contributed by atoms with Gasteiger partial charge in [0.05, 0.1) is 0 Å². The normalized spacial score (nSPS) is 13.1. The van der Waals surface area contributed by atoms with Crippen molar-refractivity contribution in [1.82, 2.24) is 4.90 Å². The second-order valence-electron chi connectivity index (χ2n) is 5.00. The van der Waals surface area contributed by atoms with Crippen LogP contribution in [0, 0.1) is 0 Å². The molecular weight excluding hydrogens is 266 g/mol. The number of nitrogens with one attached hydrogen (secondary N) is 1. The lowest BCUT2D eigenvalue weighted by Crippen LogP contribution is -2.23. The molecule has 0 atom stereocenters. The van der Waals surface area contributed by atoms with E-state index in [4.69, 9.17) is 5.73 Å². The Bertz CT molecular complexity index is 695. The summed E-state index contributed by atoms with van der Waals surface area (Å²) in [5, 5.41) is 2.51. The standard InChI is InChI=1S/C16H15N3O2/c17-16(21)18-13-7-5-11(6-8-13)9-19-10-12-3-1-2-4-14(12)15(19)20/h1-8H,9-10H2,(H3,17,18,21). The Morgan fingerprint density at radius 2 is 1.86 bits per heavy atom. The predicted octanol–water partition coefficient (Wildman–Crippen LogP) is 2.33. The fourth-order valence-electron chi connectivity index (χ4n) is 2.50. The maximum atomic E-state index is 12.3. The zero-order valence-corrected chi connectivity index (χ0v) is 11.4. The van der Waals surface area contributed by atoms with E-state index in [0.717, 1.165) is 16.7 Å². The Hall–Kier alpha value is -2.82. The van der Waals surface area contributed by atoms with Crippen molar-refractivity contribution in [1.29, 1.82) is 0 Å². The number of urea groups is 1. The van der Waals surface area contributed by atoms with E-state index in [1.54, 1.807) is 17.0 Å². The smallest absolute Gasteiger partial charge is 0.316 e. The minimum absolute atomic E-state index is 0.0601. The number of amides is 3. The number of carbonyl (C=O) groups excluding carboxylic acids is 2. The van der Waals surface area contributed by atoms with Gasteiger partial charge in [0, 0.05) is 24.3 Å². The topological polar surface area (TPSA) is 75.4 Å². The van der Waals surface area contributed by atoms with Crippen LogP contribution in [0.15, 0.2) is 48.5 Å². The van der Waals surface area contributed by atoms with E-state index >= 15 is 0 Å². The van der Waals surface area contributed by atoms with E-state index in [1.807, 2.05) is 36.4 Å². The van der Waals surface area contributed by atoms with Gasteiger partial charge in [-0.15, -0.1) is 0 Å². The highest BCUT2D eigenvalue weighted by atomic mass is 16.2. The highest BCUT2D eigenvalue weighted by molar-refractivity contribution is 5.98. The van der Waals surface area contributed by atoms with E-state index in [0.29, 0.717) is 18.8 Å². The molecule has 5 nitrogen and oxygen atoms in total. The number of nitrogens with two attached hydrogens (primary N) is 1. The lowest BCUT2D eigenvalue weighted by molar-refractivity contribution is 0.0766. The van der Waals surface area contributed by atoms with E-state index in [-0.39, 0.29) is 5.91 Å². The zero-order valence-electron chi connectivity index (χ0n) is 11.4. The summed E-state index contributed by atoms with van der Waals surface area (Å²) in [5.41, 5.74) is 8.55. The van der Waals surface area contributed by atoms with Gasteiger partial charge in [-0.3, -0.25) is 4.79 Å². The molecule has 106 valence electrons. The number of anilines is 1. The molecule has 0 fully saturated rings. The molecule has 3 amide bonds. The van der Waals surface area contributed by atoms with Gasteiger partial charge in [0.25, 0.3) is 5.91 Å². The van der Waals surface area contributed by atoms with Crippen LogP contribution in [-0.2, 0) is 13.1 Å². The van der Waals surface area contributed by atoms with Gasteiger partial charge in [-0.05, 0) is 29.3 Å². The van der Waals surface area contributed by atoms with E-state index in [1.165, 1.54) is 0 Å². The predicted molar refractivity (Wildman–Crippen MR) is 79.7 cm³/mol. The van der Waals surface area contributed by atoms with Gasteiger partial charge >= 0.3 is 6.03 Å². The van der Waals surface area contributed by atoms with Crippen molar-refractivity contribution in [3.8, 4) is 0 Å². The molecule has 1 heterocycles. The maximum Gasteiger partial charge on any atom is 0.316 e. The average molecular weight is 281 g/mol. The van der Waals surface area contributed by atoms with Crippen LogP contribution in [0.2, 0.25) is 0 Å². The summed E-state index contributed by atoms with van der Waals surface area (Å²) in [4.78, 5) is 24.8. The molecule has 0 aromatic heterocycles. The van der Waals surface area contributed by atoms with Crippen LogP contribution in [-0.4, -0.2) is 16.8 Å². The number of benzene rings is 2. The molecule has 0 saturated carbocycles. The van der Waals surface area contributed by atoms with Gasteiger partial charge < -0.3 is 16.0 Å². The van der Waals surface area contributed by atoms with Crippen molar-refractivity contribution < 1.29 is 9.59 Å². The van der Waals surface area contributed by atoms with Crippen LogP contribution in [0.4, 0.5) is 10.5 Å². The summed E-state index contributed by atoms with van der Waals surface area (Å²) >= 11 is 0. The van der Waals surface area contributed by atoms with Crippen LogP contribution in [0.5, 0.6) is 0 Å². The molecule has 1 aliphatic rings. The monoisotopic (exact) mass is 281 g/mol. The molecule has 0 aliphatic carbocycles. The van der Waals surface area contributed by atoms with Crippen LogP contribution in [0.3, 0.4) is 0 Å². The quantitative estimate of drug-likeness (QED) is 0.906. The van der Waals surface area contributed by atoms with Gasteiger partial charge in [-0.2, -0.15) is 0 Å². The third-order valence-corrected chi connectivity index (χ3v) is 3.49. The largest absolute Gasteiger partial charge is 0.351 e. The average Bonchev–Trinajstić information content (AvgIpc) is 2.78. The fraction of sp³-hybridized carbons (Fsp3) is 0.125. The zero-order chi connectivity index (χ0) is 14.8. The summed E-state index contributed by atoms with van der Waals surface area (Å²) in [7, 11) is 0. The molecule has 21 heavy (non-hydrogen) atoms. The van der Waals surface area contributed by atoms with E-state index in [9.17, 15) is 9.59 Å². The van der Waals surface area contributed by atoms with Gasteiger partial charge in [-0.25, -0.2) is 4.79 Å². The number of nitrogens with zero attached hydrogens (tertiary/aromatic N) is 1.